The van der Waals surface area contributed by atoms with Gasteiger partial charge in [-0.15, -0.1) is 0 Å². The topological polar surface area (TPSA) is 0 Å². The maximum atomic E-state index is 13.9. The number of fused-ring (bicyclic) bond motifs is 1. The maximum Gasteiger partial charge on any atom is 0.442 e. The minimum atomic E-state index is -4.30. The summed E-state index contributed by atoms with van der Waals surface area (Å²) < 4.78 is 41.6. The number of hydrogen-bond donors (Lipinski definition) is 0. The Kier molecular flexibility index (Phi) is 4.13. The second kappa shape index (κ2) is 5.50. The van der Waals surface area contributed by atoms with Crippen molar-refractivity contribution < 1.29 is 13.2 Å². The highest BCUT2D eigenvalue weighted by atomic mass is 79.9. The Morgan fingerprint density at radius 3 is 2.43 bits per heavy atom. The van der Waals surface area contributed by atoms with E-state index in [1.165, 1.54) is 6.07 Å². The average molecular weight is 400 g/mol. The summed E-state index contributed by atoms with van der Waals surface area (Å²) in [6.07, 6.45) is 6.60. The molecule has 2 aliphatic rings. The molecule has 1 saturated carbocycles. The van der Waals surface area contributed by atoms with Gasteiger partial charge < -0.3 is 0 Å². The van der Waals surface area contributed by atoms with Gasteiger partial charge in [-0.3, -0.25) is 0 Å². The predicted octanol–water partition coefficient (Wildman–Crippen LogP) is 7.27. The molecule has 0 nitrogen and oxygen atoms in total. The fourth-order valence-corrected chi connectivity index (χ4v) is 7.87. The van der Waals surface area contributed by atoms with Gasteiger partial charge in [-0.05, 0) is 70.7 Å². The van der Waals surface area contributed by atoms with Crippen molar-refractivity contribution in [1.82, 2.24) is 0 Å². The minimum absolute atomic E-state index is 0.0286. The van der Waals surface area contributed by atoms with Gasteiger partial charge in [0.2, 0.25) is 0 Å². The Bertz CT molecular complexity index is 593. The molecule has 1 atom stereocenters. The molecule has 0 N–H and O–H groups in total. The summed E-state index contributed by atoms with van der Waals surface area (Å²) in [7, 11) is -3.15. The first-order valence-corrected chi connectivity index (χ1v) is 10.8. The van der Waals surface area contributed by atoms with Crippen LogP contribution in [0.1, 0.15) is 37.7 Å². The van der Waals surface area contributed by atoms with E-state index in [9.17, 15) is 13.2 Å². The van der Waals surface area contributed by atoms with Gasteiger partial charge in [-0.1, -0.05) is 36.9 Å². The van der Waals surface area contributed by atoms with E-state index in [4.69, 9.17) is 11.6 Å². The molecule has 0 spiro atoms. The van der Waals surface area contributed by atoms with Gasteiger partial charge in [-0.2, -0.15) is 13.2 Å². The number of alkyl halides is 3. The molecule has 3 rings (SSSR count). The standard InChI is InChI=1S/C15H15BrClF3S/c16-21(15(18,19)20)13(10-4-2-1-3-5-10)8-11-6-7-12(17)9-14(11)21/h6-10H,1-5H2. The van der Waals surface area contributed by atoms with E-state index in [0.717, 1.165) is 32.1 Å². The lowest BCUT2D eigenvalue weighted by Gasteiger charge is -2.39. The van der Waals surface area contributed by atoms with E-state index in [0.29, 0.717) is 20.4 Å². The van der Waals surface area contributed by atoms with Crippen LogP contribution in [0.25, 0.3) is 6.08 Å². The zero-order valence-corrected chi connectivity index (χ0v) is 14.4. The van der Waals surface area contributed by atoms with E-state index in [1.54, 1.807) is 18.2 Å². The lowest BCUT2D eigenvalue weighted by atomic mass is 9.88. The highest BCUT2D eigenvalue weighted by Gasteiger charge is 2.56. The molecule has 0 saturated heterocycles. The molecular formula is C15H15BrClF3S. The van der Waals surface area contributed by atoms with Gasteiger partial charge in [0.1, 0.15) is 0 Å². The third-order valence-corrected chi connectivity index (χ3v) is 10.4. The third kappa shape index (κ3) is 2.55. The first-order chi connectivity index (χ1) is 9.84. The van der Waals surface area contributed by atoms with Crippen molar-refractivity contribution in [3.05, 3.63) is 33.7 Å². The van der Waals surface area contributed by atoms with Crippen molar-refractivity contribution >= 4 is 41.0 Å². The van der Waals surface area contributed by atoms with Crippen LogP contribution in [0.5, 0.6) is 0 Å². The molecule has 116 valence electrons. The van der Waals surface area contributed by atoms with E-state index in [-0.39, 0.29) is 5.92 Å². The van der Waals surface area contributed by atoms with Crippen molar-refractivity contribution in [2.24, 2.45) is 5.92 Å². The molecule has 1 aliphatic heterocycles. The molecule has 1 fully saturated rings. The highest BCUT2D eigenvalue weighted by molar-refractivity contribution is 9.59. The zero-order valence-electron chi connectivity index (χ0n) is 11.2. The second-order valence-electron chi connectivity index (χ2n) is 5.55. The molecule has 0 bridgehead atoms. The summed E-state index contributed by atoms with van der Waals surface area (Å²) >= 11 is 9.07. The quantitative estimate of drug-likeness (QED) is 0.466. The van der Waals surface area contributed by atoms with E-state index < -0.39 is 14.0 Å². The van der Waals surface area contributed by atoms with Crippen LogP contribution in [0, 0.1) is 5.92 Å². The van der Waals surface area contributed by atoms with Crippen LogP contribution in [0.4, 0.5) is 13.2 Å². The van der Waals surface area contributed by atoms with E-state index in [1.807, 2.05) is 0 Å². The van der Waals surface area contributed by atoms with Gasteiger partial charge >= 0.3 is 5.51 Å². The number of benzene rings is 1. The summed E-state index contributed by atoms with van der Waals surface area (Å²) in [5, 5.41) is 0.354. The molecule has 0 aromatic heterocycles. The molecule has 6 heteroatoms. The molecular weight excluding hydrogens is 385 g/mol. The normalized spacial score (nSPS) is 29.7. The van der Waals surface area contributed by atoms with Crippen molar-refractivity contribution in [3.8, 4) is 0 Å². The summed E-state index contributed by atoms with van der Waals surface area (Å²) in [5.74, 6) is 0.0286. The van der Waals surface area contributed by atoms with Crippen LogP contribution in [0.2, 0.25) is 5.02 Å². The summed E-state index contributed by atoms with van der Waals surface area (Å²) in [6.45, 7) is 0. The molecule has 0 amide bonds. The monoisotopic (exact) mass is 398 g/mol. The Balaban J connectivity index is 2.11. The van der Waals surface area contributed by atoms with Crippen molar-refractivity contribution in [3.63, 3.8) is 0 Å². The van der Waals surface area contributed by atoms with Gasteiger partial charge in [-0.25, -0.2) is 0 Å². The number of allylic oxidation sites excluding steroid dienone is 1. The fourth-order valence-electron chi connectivity index (χ4n) is 3.23. The molecule has 21 heavy (non-hydrogen) atoms. The fraction of sp³-hybridized carbons (Fsp3) is 0.467. The SMILES string of the molecule is FC(F)(F)S1(Br)C(C2CCCCC2)=Cc2ccc(Cl)cc21. The number of hydrogen-bond acceptors (Lipinski definition) is 0. The molecule has 0 radical (unpaired) electrons. The summed E-state index contributed by atoms with van der Waals surface area (Å²) in [6, 6.07) is 4.83. The number of rotatable bonds is 1. The largest absolute Gasteiger partial charge is 0.442 e. The molecule has 1 heterocycles. The second-order valence-corrected chi connectivity index (χ2v) is 11.3. The average Bonchev–Trinajstić information content (AvgIpc) is 2.74. The maximum absolute atomic E-state index is 13.9. The third-order valence-electron chi connectivity index (χ3n) is 4.23. The van der Waals surface area contributed by atoms with Crippen LogP contribution in [-0.2, 0) is 0 Å². The summed E-state index contributed by atoms with van der Waals surface area (Å²) in [4.78, 5) is 0.843. The Hall–Kier alpha value is -0.130. The van der Waals surface area contributed by atoms with Gasteiger partial charge in [0.05, 0.1) is 0 Å². The first kappa shape index (κ1) is 15.8. The molecule has 1 aromatic rings. The van der Waals surface area contributed by atoms with Crippen LogP contribution >= 0.6 is 34.9 Å². The lowest BCUT2D eigenvalue weighted by Crippen LogP contribution is -2.20. The van der Waals surface area contributed by atoms with Crippen LogP contribution in [0.3, 0.4) is 0 Å². The van der Waals surface area contributed by atoms with Gasteiger partial charge in [0, 0.05) is 9.92 Å². The van der Waals surface area contributed by atoms with Gasteiger partial charge in [0.25, 0.3) is 0 Å². The predicted molar refractivity (Wildman–Crippen MR) is 86.8 cm³/mol. The van der Waals surface area contributed by atoms with Crippen molar-refractivity contribution in [2.45, 2.75) is 42.5 Å². The minimum Gasteiger partial charge on any atom is -0.160 e. The van der Waals surface area contributed by atoms with Crippen LogP contribution in [-0.4, -0.2) is 5.51 Å². The van der Waals surface area contributed by atoms with E-state index >= 15 is 0 Å². The smallest absolute Gasteiger partial charge is 0.160 e. The first-order valence-electron chi connectivity index (χ1n) is 6.94. The molecule has 1 aliphatic carbocycles. The van der Waals surface area contributed by atoms with Crippen molar-refractivity contribution in [2.75, 3.05) is 0 Å². The van der Waals surface area contributed by atoms with Crippen LogP contribution in [0.15, 0.2) is 28.0 Å². The summed E-state index contributed by atoms with van der Waals surface area (Å²) in [5.41, 5.74) is -3.64. The van der Waals surface area contributed by atoms with Crippen molar-refractivity contribution in [1.29, 1.82) is 0 Å². The Morgan fingerprint density at radius 1 is 1.14 bits per heavy atom. The van der Waals surface area contributed by atoms with Gasteiger partial charge in [0.15, 0.2) is 0 Å². The zero-order chi connectivity index (χ0) is 15.3. The number of halogens is 5. The highest BCUT2D eigenvalue weighted by Crippen LogP contribution is 2.82. The van der Waals surface area contributed by atoms with E-state index in [2.05, 4.69) is 14.8 Å². The Labute approximate surface area is 136 Å². The van der Waals surface area contributed by atoms with Crippen LogP contribution < -0.4 is 0 Å². The lowest BCUT2D eigenvalue weighted by molar-refractivity contribution is -0.0357. The molecule has 1 unspecified atom stereocenters. The Morgan fingerprint density at radius 2 is 1.81 bits per heavy atom. The molecule has 1 aromatic carbocycles.